The van der Waals surface area contributed by atoms with Crippen molar-refractivity contribution in [1.29, 1.82) is 0 Å². The Morgan fingerprint density at radius 3 is 2.22 bits per heavy atom. The first-order valence-electron chi connectivity index (χ1n) is 8.15. The van der Waals surface area contributed by atoms with Crippen molar-refractivity contribution in [3.63, 3.8) is 0 Å². The fraction of sp³-hybridized carbons (Fsp3) is 0. The minimum absolute atomic E-state index is 0.0795. The molecule has 1 aliphatic carbocycles. The van der Waals surface area contributed by atoms with Gasteiger partial charge >= 0.3 is 0 Å². The summed E-state index contributed by atoms with van der Waals surface area (Å²) < 4.78 is 40.3. The van der Waals surface area contributed by atoms with Crippen molar-refractivity contribution in [3.05, 3.63) is 83.7 Å². The summed E-state index contributed by atoms with van der Waals surface area (Å²) in [7, 11) is -4.05. The van der Waals surface area contributed by atoms with Crippen LogP contribution in [0.2, 0.25) is 0 Å². The van der Waals surface area contributed by atoms with E-state index in [2.05, 4.69) is 5.10 Å². The van der Waals surface area contributed by atoms with Gasteiger partial charge in [0.2, 0.25) is 0 Å². The van der Waals surface area contributed by atoms with Gasteiger partial charge in [-0.25, -0.2) is 4.39 Å². The van der Waals surface area contributed by atoms with Gasteiger partial charge in [-0.05, 0) is 30.3 Å². The first-order chi connectivity index (χ1) is 13.0. The van der Waals surface area contributed by atoms with Crippen LogP contribution in [0.15, 0.2) is 71.6 Å². The quantitative estimate of drug-likeness (QED) is 0.470. The predicted octanol–water partition coefficient (Wildman–Crippen LogP) is 3.62. The molecule has 27 heavy (non-hydrogen) atoms. The SMILES string of the molecule is O=C1c2ccccc2-c2nn(S(=O)(=O)c3ccc(F)cc3)c3cccc1c23. The van der Waals surface area contributed by atoms with Gasteiger partial charge in [-0.2, -0.15) is 17.6 Å². The Kier molecular flexibility index (Phi) is 3.14. The molecule has 0 N–H and O–H groups in total. The van der Waals surface area contributed by atoms with E-state index in [4.69, 9.17) is 0 Å². The summed E-state index contributed by atoms with van der Waals surface area (Å²) in [5, 5.41) is 4.86. The standard InChI is InChI=1S/C20H11FN2O3S/c21-12-8-10-13(11-9-12)27(25,26)23-17-7-3-6-16-18(17)19(22-23)14-4-1-2-5-15(14)20(16)24/h1-11H. The molecule has 0 saturated heterocycles. The number of fused-ring (bicyclic) bond motifs is 2. The molecule has 0 spiro atoms. The topological polar surface area (TPSA) is 69.0 Å². The number of aromatic nitrogens is 2. The van der Waals surface area contributed by atoms with Crippen LogP contribution in [-0.4, -0.2) is 23.4 Å². The van der Waals surface area contributed by atoms with Crippen molar-refractivity contribution in [2.24, 2.45) is 0 Å². The second-order valence-corrected chi connectivity index (χ2v) is 7.99. The van der Waals surface area contributed by atoms with Crippen LogP contribution in [0.5, 0.6) is 0 Å². The highest BCUT2D eigenvalue weighted by molar-refractivity contribution is 7.90. The van der Waals surface area contributed by atoms with E-state index in [1.54, 1.807) is 42.5 Å². The van der Waals surface area contributed by atoms with Crippen LogP contribution in [-0.2, 0) is 10.0 Å². The van der Waals surface area contributed by atoms with Gasteiger partial charge in [-0.3, -0.25) is 4.79 Å². The Balaban J connectivity index is 1.86. The summed E-state index contributed by atoms with van der Waals surface area (Å²) in [4.78, 5) is 12.8. The van der Waals surface area contributed by atoms with E-state index < -0.39 is 15.8 Å². The van der Waals surface area contributed by atoms with Crippen LogP contribution in [0.25, 0.3) is 22.2 Å². The number of rotatable bonds is 2. The van der Waals surface area contributed by atoms with Crippen molar-refractivity contribution in [2.75, 3.05) is 0 Å². The lowest BCUT2D eigenvalue weighted by molar-refractivity contribution is 0.104. The third-order valence-electron chi connectivity index (χ3n) is 4.69. The monoisotopic (exact) mass is 378 g/mol. The number of carbonyl (C=O) groups is 1. The van der Waals surface area contributed by atoms with Crippen LogP contribution >= 0.6 is 0 Å². The molecule has 132 valence electrons. The number of carbonyl (C=O) groups excluding carboxylic acids is 1. The summed E-state index contributed by atoms with van der Waals surface area (Å²) in [6, 6.07) is 16.5. The Bertz CT molecular complexity index is 1360. The summed E-state index contributed by atoms with van der Waals surface area (Å²) in [5.41, 5.74) is 2.26. The minimum Gasteiger partial charge on any atom is -0.289 e. The van der Waals surface area contributed by atoms with Gasteiger partial charge in [0.1, 0.15) is 11.5 Å². The van der Waals surface area contributed by atoms with Gasteiger partial charge in [0.05, 0.1) is 10.4 Å². The van der Waals surface area contributed by atoms with Gasteiger partial charge < -0.3 is 0 Å². The van der Waals surface area contributed by atoms with Crippen LogP contribution in [0, 0.1) is 5.82 Å². The molecular formula is C20H11FN2O3S. The van der Waals surface area contributed by atoms with Crippen molar-refractivity contribution in [1.82, 2.24) is 9.19 Å². The second kappa shape index (κ2) is 5.34. The number of hydrogen-bond donors (Lipinski definition) is 0. The summed E-state index contributed by atoms with van der Waals surface area (Å²) in [5.74, 6) is -0.692. The molecule has 5 rings (SSSR count). The van der Waals surface area contributed by atoms with Crippen LogP contribution in [0.1, 0.15) is 15.9 Å². The van der Waals surface area contributed by atoms with E-state index in [1.165, 1.54) is 12.1 Å². The molecule has 1 heterocycles. The summed E-state index contributed by atoms with van der Waals surface area (Å²) >= 11 is 0. The zero-order valence-corrected chi connectivity index (χ0v) is 14.6. The largest absolute Gasteiger partial charge is 0.289 e. The smallest absolute Gasteiger partial charge is 0.283 e. The van der Waals surface area contributed by atoms with Gasteiger partial charge in [-0.15, -0.1) is 0 Å². The molecule has 0 bridgehead atoms. The highest BCUT2D eigenvalue weighted by Crippen LogP contribution is 2.39. The third-order valence-corrected chi connectivity index (χ3v) is 6.29. The Labute approximate surface area is 153 Å². The summed E-state index contributed by atoms with van der Waals surface area (Å²) in [6.45, 7) is 0. The number of ketones is 1. The van der Waals surface area contributed by atoms with Gasteiger partial charge in [0.15, 0.2) is 5.78 Å². The van der Waals surface area contributed by atoms with E-state index in [0.717, 1.165) is 16.2 Å². The van der Waals surface area contributed by atoms with Gasteiger partial charge in [0, 0.05) is 22.1 Å². The van der Waals surface area contributed by atoms with Crippen molar-refractivity contribution < 1.29 is 17.6 Å². The maximum absolute atomic E-state index is 13.2. The molecule has 5 nitrogen and oxygen atoms in total. The first kappa shape index (κ1) is 15.9. The van der Waals surface area contributed by atoms with Crippen molar-refractivity contribution >= 4 is 26.7 Å². The molecule has 4 aromatic rings. The van der Waals surface area contributed by atoms with Gasteiger partial charge in [0.25, 0.3) is 10.0 Å². The average Bonchev–Trinajstić information content (AvgIpc) is 3.08. The molecule has 0 saturated carbocycles. The lowest BCUT2D eigenvalue weighted by Crippen LogP contribution is -2.14. The molecule has 0 aliphatic heterocycles. The number of hydrogen-bond acceptors (Lipinski definition) is 4. The molecule has 0 atom stereocenters. The van der Waals surface area contributed by atoms with E-state index in [9.17, 15) is 17.6 Å². The van der Waals surface area contributed by atoms with Crippen LogP contribution < -0.4 is 0 Å². The zero-order chi connectivity index (χ0) is 18.8. The molecule has 7 heteroatoms. The predicted molar refractivity (Wildman–Crippen MR) is 97.6 cm³/mol. The number of benzene rings is 3. The Morgan fingerprint density at radius 1 is 0.815 bits per heavy atom. The van der Waals surface area contributed by atoms with E-state index in [0.29, 0.717) is 33.3 Å². The van der Waals surface area contributed by atoms with Crippen LogP contribution in [0.3, 0.4) is 0 Å². The van der Waals surface area contributed by atoms with Crippen molar-refractivity contribution in [3.8, 4) is 11.3 Å². The normalized spacial score (nSPS) is 13.0. The maximum atomic E-state index is 13.2. The zero-order valence-electron chi connectivity index (χ0n) is 13.8. The highest BCUT2D eigenvalue weighted by Gasteiger charge is 2.31. The number of halogens is 1. The van der Waals surface area contributed by atoms with Crippen LogP contribution in [0.4, 0.5) is 4.39 Å². The molecule has 0 unspecified atom stereocenters. The van der Waals surface area contributed by atoms with E-state index in [-0.39, 0.29) is 10.7 Å². The lowest BCUT2D eigenvalue weighted by atomic mass is 9.87. The molecule has 0 fully saturated rings. The average molecular weight is 378 g/mol. The third kappa shape index (κ3) is 2.12. The minimum atomic E-state index is -4.05. The Morgan fingerprint density at radius 2 is 1.48 bits per heavy atom. The maximum Gasteiger partial charge on any atom is 0.283 e. The fourth-order valence-corrected chi connectivity index (χ4v) is 4.72. The molecule has 0 radical (unpaired) electrons. The lowest BCUT2D eigenvalue weighted by Gasteiger charge is -2.13. The highest BCUT2D eigenvalue weighted by atomic mass is 32.2. The fourth-order valence-electron chi connectivity index (χ4n) is 3.44. The Hall–Kier alpha value is -3.32. The first-order valence-corrected chi connectivity index (χ1v) is 9.59. The van der Waals surface area contributed by atoms with Gasteiger partial charge in [-0.1, -0.05) is 36.4 Å². The number of nitrogens with zero attached hydrogens (tertiary/aromatic N) is 2. The second-order valence-electron chi connectivity index (χ2n) is 6.22. The van der Waals surface area contributed by atoms with Crippen molar-refractivity contribution in [2.45, 2.75) is 4.90 Å². The molecular weight excluding hydrogens is 367 g/mol. The molecule has 3 aromatic carbocycles. The molecule has 1 aliphatic rings. The van der Waals surface area contributed by atoms with E-state index >= 15 is 0 Å². The van der Waals surface area contributed by atoms with E-state index in [1.807, 2.05) is 0 Å². The molecule has 0 amide bonds. The molecule has 1 aromatic heterocycles. The summed E-state index contributed by atoms with van der Waals surface area (Å²) in [6.07, 6.45) is 0.